The van der Waals surface area contributed by atoms with Crippen molar-refractivity contribution in [1.29, 1.82) is 0 Å². The fourth-order valence-electron chi connectivity index (χ4n) is 2.30. The lowest BCUT2D eigenvalue weighted by Gasteiger charge is -2.06. The van der Waals surface area contributed by atoms with Gasteiger partial charge in [0.15, 0.2) is 0 Å². The largest absolute Gasteiger partial charge is 0.324 e. The Labute approximate surface area is 136 Å². The van der Waals surface area contributed by atoms with Crippen molar-refractivity contribution < 1.29 is 4.79 Å². The van der Waals surface area contributed by atoms with E-state index in [0.717, 1.165) is 23.7 Å². The number of thioether (sulfide) groups is 1. The first-order valence-electron chi connectivity index (χ1n) is 7.35. The zero-order chi connectivity index (χ0) is 15.6. The van der Waals surface area contributed by atoms with Crippen molar-refractivity contribution in [2.45, 2.75) is 24.0 Å². The second-order valence-corrected chi connectivity index (χ2v) is 6.33. The maximum atomic E-state index is 12.1. The number of nitrogens with one attached hydrogen (secondary N) is 1. The SMILES string of the molecule is O=C(CSc1nnnn1C1CC1)Nc1cnc2ccccc2c1. The van der Waals surface area contributed by atoms with Gasteiger partial charge >= 0.3 is 0 Å². The second kappa shape index (κ2) is 5.96. The highest BCUT2D eigenvalue weighted by Gasteiger charge is 2.28. The molecule has 3 aromatic rings. The van der Waals surface area contributed by atoms with Crippen LogP contribution in [-0.4, -0.2) is 36.9 Å². The summed E-state index contributed by atoms with van der Waals surface area (Å²) in [6.07, 6.45) is 3.88. The second-order valence-electron chi connectivity index (χ2n) is 5.39. The molecule has 2 aromatic heterocycles. The third-order valence-electron chi connectivity index (χ3n) is 3.56. The van der Waals surface area contributed by atoms with Gasteiger partial charge in [-0.05, 0) is 35.4 Å². The molecular formula is C15H14N6OS. The van der Waals surface area contributed by atoms with Gasteiger partial charge in [-0.15, -0.1) is 5.10 Å². The fourth-order valence-corrected chi connectivity index (χ4v) is 3.04. The van der Waals surface area contributed by atoms with Gasteiger partial charge in [0.1, 0.15) is 0 Å². The molecule has 1 aromatic carbocycles. The minimum absolute atomic E-state index is 0.0996. The molecule has 1 N–H and O–H groups in total. The summed E-state index contributed by atoms with van der Waals surface area (Å²) in [7, 11) is 0. The van der Waals surface area contributed by atoms with E-state index in [1.54, 1.807) is 10.9 Å². The number of benzene rings is 1. The molecule has 1 amide bonds. The molecule has 1 aliphatic rings. The van der Waals surface area contributed by atoms with Gasteiger partial charge < -0.3 is 5.32 Å². The van der Waals surface area contributed by atoms with E-state index in [4.69, 9.17) is 0 Å². The molecule has 23 heavy (non-hydrogen) atoms. The summed E-state index contributed by atoms with van der Waals surface area (Å²) >= 11 is 1.35. The summed E-state index contributed by atoms with van der Waals surface area (Å²) in [4.78, 5) is 16.4. The standard InChI is InChI=1S/C15H14N6OS/c22-14(9-23-15-18-19-20-21(15)12-5-6-12)17-11-7-10-3-1-2-4-13(10)16-8-11/h1-4,7-8,12H,5-6,9H2,(H,17,22). The van der Waals surface area contributed by atoms with Crippen LogP contribution in [-0.2, 0) is 4.79 Å². The molecule has 4 rings (SSSR count). The first-order valence-corrected chi connectivity index (χ1v) is 8.33. The highest BCUT2D eigenvalue weighted by molar-refractivity contribution is 7.99. The molecule has 116 valence electrons. The minimum atomic E-state index is -0.0996. The lowest BCUT2D eigenvalue weighted by molar-refractivity contribution is -0.113. The van der Waals surface area contributed by atoms with E-state index in [1.807, 2.05) is 30.3 Å². The Morgan fingerprint density at radius 1 is 1.35 bits per heavy atom. The lowest BCUT2D eigenvalue weighted by Crippen LogP contribution is -2.14. The Hall–Kier alpha value is -2.48. The van der Waals surface area contributed by atoms with Crippen molar-refractivity contribution >= 4 is 34.3 Å². The quantitative estimate of drug-likeness (QED) is 0.724. The zero-order valence-corrected chi connectivity index (χ0v) is 13.0. The van der Waals surface area contributed by atoms with E-state index < -0.39 is 0 Å². The van der Waals surface area contributed by atoms with Crippen molar-refractivity contribution in [2.24, 2.45) is 0 Å². The summed E-state index contributed by atoms with van der Waals surface area (Å²) in [5.74, 6) is 0.164. The van der Waals surface area contributed by atoms with Crippen molar-refractivity contribution in [3.8, 4) is 0 Å². The molecule has 8 heteroatoms. The highest BCUT2D eigenvalue weighted by Crippen LogP contribution is 2.36. The van der Waals surface area contributed by atoms with Crippen LogP contribution in [0.4, 0.5) is 5.69 Å². The molecule has 7 nitrogen and oxygen atoms in total. The van der Waals surface area contributed by atoms with E-state index in [9.17, 15) is 4.79 Å². The molecular weight excluding hydrogens is 312 g/mol. The molecule has 0 saturated heterocycles. The lowest BCUT2D eigenvalue weighted by atomic mass is 10.2. The maximum Gasteiger partial charge on any atom is 0.234 e. The number of hydrogen-bond donors (Lipinski definition) is 1. The van der Waals surface area contributed by atoms with Crippen LogP contribution in [0.3, 0.4) is 0 Å². The van der Waals surface area contributed by atoms with Crippen LogP contribution in [0.25, 0.3) is 10.9 Å². The Morgan fingerprint density at radius 3 is 3.09 bits per heavy atom. The van der Waals surface area contributed by atoms with Crippen LogP contribution in [0.1, 0.15) is 18.9 Å². The monoisotopic (exact) mass is 326 g/mol. The Bertz CT molecular complexity index is 860. The van der Waals surface area contributed by atoms with Gasteiger partial charge in [0, 0.05) is 5.39 Å². The Balaban J connectivity index is 1.39. The van der Waals surface area contributed by atoms with E-state index in [2.05, 4.69) is 25.8 Å². The summed E-state index contributed by atoms with van der Waals surface area (Å²) in [5, 5.41) is 16.2. The Kier molecular flexibility index (Phi) is 3.66. The predicted molar refractivity (Wildman–Crippen MR) is 87.2 cm³/mol. The number of carbonyl (C=O) groups excluding carboxylic acids is 1. The van der Waals surface area contributed by atoms with E-state index in [1.165, 1.54) is 11.8 Å². The molecule has 1 saturated carbocycles. The molecule has 0 radical (unpaired) electrons. The van der Waals surface area contributed by atoms with Crippen molar-refractivity contribution in [2.75, 3.05) is 11.1 Å². The summed E-state index contributed by atoms with van der Waals surface area (Å²) < 4.78 is 1.80. The predicted octanol–water partition coefficient (Wildman–Crippen LogP) is 2.29. The molecule has 1 fully saturated rings. The molecule has 1 aliphatic carbocycles. The van der Waals surface area contributed by atoms with E-state index in [-0.39, 0.29) is 11.7 Å². The fraction of sp³-hybridized carbons (Fsp3) is 0.267. The highest BCUT2D eigenvalue weighted by atomic mass is 32.2. The van der Waals surface area contributed by atoms with Gasteiger partial charge in [-0.2, -0.15) is 0 Å². The van der Waals surface area contributed by atoms with Crippen LogP contribution in [0.15, 0.2) is 41.7 Å². The number of carbonyl (C=O) groups is 1. The number of fused-ring (bicyclic) bond motifs is 1. The molecule has 0 spiro atoms. The van der Waals surface area contributed by atoms with Crippen LogP contribution in [0.5, 0.6) is 0 Å². The van der Waals surface area contributed by atoms with Gasteiger partial charge in [-0.3, -0.25) is 9.78 Å². The first kappa shape index (κ1) is 14.1. The number of nitrogens with zero attached hydrogens (tertiary/aromatic N) is 5. The smallest absolute Gasteiger partial charge is 0.234 e. The van der Waals surface area contributed by atoms with Gasteiger partial charge in [-0.1, -0.05) is 30.0 Å². The summed E-state index contributed by atoms with van der Waals surface area (Å²) in [6.45, 7) is 0. The number of tetrazole rings is 1. The molecule has 0 aliphatic heterocycles. The summed E-state index contributed by atoms with van der Waals surface area (Å²) in [6, 6.07) is 10.1. The number of anilines is 1. The van der Waals surface area contributed by atoms with Crippen molar-refractivity contribution in [3.05, 3.63) is 36.5 Å². The number of para-hydroxylation sites is 1. The van der Waals surface area contributed by atoms with Gasteiger partial charge in [0.25, 0.3) is 0 Å². The van der Waals surface area contributed by atoms with Crippen LogP contribution in [0.2, 0.25) is 0 Å². The third-order valence-corrected chi connectivity index (χ3v) is 4.50. The minimum Gasteiger partial charge on any atom is -0.324 e. The van der Waals surface area contributed by atoms with Crippen molar-refractivity contribution in [3.63, 3.8) is 0 Å². The number of pyridine rings is 1. The number of amides is 1. The topological polar surface area (TPSA) is 85.6 Å². The van der Waals surface area contributed by atoms with E-state index >= 15 is 0 Å². The van der Waals surface area contributed by atoms with Crippen molar-refractivity contribution in [1.82, 2.24) is 25.2 Å². The maximum absolute atomic E-state index is 12.1. The van der Waals surface area contributed by atoms with Crippen LogP contribution in [0, 0.1) is 0 Å². The Morgan fingerprint density at radius 2 is 2.22 bits per heavy atom. The van der Waals surface area contributed by atoms with Crippen LogP contribution >= 0.6 is 11.8 Å². The molecule has 2 heterocycles. The molecule has 0 atom stereocenters. The van der Waals surface area contributed by atoms with Gasteiger partial charge in [0.05, 0.1) is 29.2 Å². The average Bonchev–Trinajstić information content (AvgIpc) is 3.31. The van der Waals surface area contributed by atoms with Gasteiger partial charge in [-0.25, -0.2) is 4.68 Å². The number of aromatic nitrogens is 5. The average molecular weight is 326 g/mol. The number of hydrogen-bond acceptors (Lipinski definition) is 6. The van der Waals surface area contributed by atoms with E-state index in [0.29, 0.717) is 16.9 Å². The number of rotatable bonds is 5. The molecule has 0 bridgehead atoms. The third kappa shape index (κ3) is 3.16. The molecule has 0 unspecified atom stereocenters. The zero-order valence-electron chi connectivity index (χ0n) is 12.2. The summed E-state index contributed by atoms with van der Waals surface area (Å²) in [5.41, 5.74) is 1.60. The van der Waals surface area contributed by atoms with Gasteiger partial charge in [0.2, 0.25) is 11.1 Å². The van der Waals surface area contributed by atoms with Crippen LogP contribution < -0.4 is 5.32 Å². The normalized spacial score (nSPS) is 14.1. The first-order chi connectivity index (χ1) is 11.3.